The Morgan fingerprint density at radius 2 is 1.63 bits per heavy atom. The molecule has 5 atom stereocenters. The monoisotopic (exact) mass is 542 g/mol. The highest BCUT2D eigenvalue weighted by Gasteiger charge is 2.46. The van der Waals surface area contributed by atoms with Gasteiger partial charge in [0.1, 0.15) is 29.8 Å². The third-order valence-electron chi connectivity index (χ3n) is 5.82. The second-order valence-corrected chi connectivity index (χ2v) is 10.1. The number of carboxylic acid groups (broad SMARTS) is 1. The Morgan fingerprint density at radius 1 is 1.03 bits per heavy atom. The average Bonchev–Trinajstić information content (AvgIpc) is 2.84. The molecule has 0 aromatic heterocycles. The van der Waals surface area contributed by atoms with Crippen molar-refractivity contribution in [2.75, 3.05) is 34.3 Å². The Kier molecular flexibility index (Phi) is 10.6. The maximum atomic E-state index is 12.5. The highest BCUT2D eigenvalue weighted by atomic mass is 16.7. The summed E-state index contributed by atoms with van der Waals surface area (Å²) in [5, 5.41) is 30.2. The van der Waals surface area contributed by atoms with Crippen molar-refractivity contribution in [2.24, 2.45) is 5.92 Å². The van der Waals surface area contributed by atoms with Crippen molar-refractivity contribution in [3.8, 4) is 11.5 Å². The number of ether oxygens (including phenoxy) is 5. The summed E-state index contributed by atoms with van der Waals surface area (Å²) in [5.41, 5.74) is -0.153. The maximum Gasteiger partial charge on any atom is 0.409 e. The lowest BCUT2D eigenvalue weighted by Crippen LogP contribution is -2.57. The van der Waals surface area contributed by atoms with Gasteiger partial charge in [0.2, 0.25) is 6.29 Å². The van der Waals surface area contributed by atoms with E-state index in [1.165, 1.54) is 44.0 Å². The van der Waals surface area contributed by atoms with Crippen molar-refractivity contribution < 1.29 is 53.4 Å². The quantitative estimate of drug-likeness (QED) is 0.416. The van der Waals surface area contributed by atoms with E-state index >= 15 is 0 Å². The van der Waals surface area contributed by atoms with Crippen LogP contribution in [0.1, 0.15) is 33.3 Å². The SMILES string of the molecule is COC(=O)N(C)CCN(C)C(=O)OCc1ccc(OC(C)(C)C)cc1OC1O[C@H](C(=O)O)[C@@H](O)[C@H](C)[C@H]1O. The van der Waals surface area contributed by atoms with E-state index in [0.717, 1.165) is 0 Å². The fourth-order valence-corrected chi connectivity index (χ4v) is 3.53. The molecule has 0 saturated carbocycles. The summed E-state index contributed by atoms with van der Waals surface area (Å²) in [6.07, 6.45) is -7.02. The molecule has 38 heavy (non-hydrogen) atoms. The zero-order valence-corrected chi connectivity index (χ0v) is 22.7. The number of carboxylic acids is 1. The number of aliphatic carboxylic acids is 1. The molecule has 2 rings (SSSR count). The van der Waals surface area contributed by atoms with Crippen molar-refractivity contribution in [3.05, 3.63) is 23.8 Å². The summed E-state index contributed by atoms with van der Waals surface area (Å²) in [6.45, 7) is 7.22. The van der Waals surface area contributed by atoms with Crippen LogP contribution in [-0.2, 0) is 25.6 Å². The minimum atomic E-state index is -1.61. The van der Waals surface area contributed by atoms with Gasteiger partial charge in [-0.15, -0.1) is 0 Å². The van der Waals surface area contributed by atoms with Crippen molar-refractivity contribution in [3.63, 3.8) is 0 Å². The number of methoxy groups -OCH3 is 1. The summed E-state index contributed by atoms with van der Waals surface area (Å²) in [6, 6.07) is 4.78. The average molecular weight is 543 g/mol. The third kappa shape index (κ3) is 8.36. The highest BCUT2D eigenvalue weighted by Crippen LogP contribution is 2.33. The van der Waals surface area contributed by atoms with Crippen molar-refractivity contribution in [1.82, 2.24) is 9.80 Å². The fourth-order valence-electron chi connectivity index (χ4n) is 3.53. The number of hydrogen-bond donors (Lipinski definition) is 3. The normalized spacial score (nSPS) is 23.2. The van der Waals surface area contributed by atoms with Gasteiger partial charge in [-0.25, -0.2) is 14.4 Å². The molecule has 1 aromatic rings. The van der Waals surface area contributed by atoms with E-state index < -0.39 is 54.3 Å². The molecule has 1 aliphatic heterocycles. The first-order valence-electron chi connectivity index (χ1n) is 12.0. The molecular weight excluding hydrogens is 504 g/mol. The number of rotatable bonds is 9. The lowest BCUT2D eigenvalue weighted by molar-refractivity contribution is -0.255. The fraction of sp³-hybridized carbons (Fsp3) is 0.640. The van der Waals surface area contributed by atoms with E-state index in [1.807, 2.05) is 20.8 Å². The van der Waals surface area contributed by atoms with Crippen LogP contribution in [0, 0.1) is 5.92 Å². The van der Waals surface area contributed by atoms with Gasteiger partial charge in [0.05, 0.1) is 13.2 Å². The molecule has 2 amide bonds. The molecule has 13 heteroatoms. The molecule has 0 radical (unpaired) electrons. The number of nitrogens with zero attached hydrogens (tertiary/aromatic N) is 2. The Labute approximate surface area is 221 Å². The van der Waals surface area contributed by atoms with Crippen LogP contribution in [-0.4, -0.2) is 108 Å². The molecule has 1 heterocycles. The minimum Gasteiger partial charge on any atom is -0.488 e. The Morgan fingerprint density at radius 3 is 2.18 bits per heavy atom. The number of carbonyl (C=O) groups excluding carboxylic acids is 2. The van der Waals surface area contributed by atoms with E-state index in [4.69, 9.17) is 18.9 Å². The number of carbonyl (C=O) groups is 3. The van der Waals surface area contributed by atoms with Gasteiger partial charge in [0.15, 0.2) is 6.10 Å². The molecule has 13 nitrogen and oxygen atoms in total. The second-order valence-electron chi connectivity index (χ2n) is 10.1. The Bertz CT molecular complexity index is 981. The van der Waals surface area contributed by atoms with Crippen LogP contribution in [0.25, 0.3) is 0 Å². The molecule has 214 valence electrons. The van der Waals surface area contributed by atoms with Gasteiger partial charge in [0, 0.05) is 44.7 Å². The van der Waals surface area contributed by atoms with Crippen LogP contribution in [0.3, 0.4) is 0 Å². The minimum absolute atomic E-state index is 0.129. The van der Waals surface area contributed by atoms with E-state index in [0.29, 0.717) is 11.3 Å². The van der Waals surface area contributed by atoms with E-state index in [2.05, 4.69) is 4.74 Å². The number of hydrogen-bond acceptors (Lipinski definition) is 10. The summed E-state index contributed by atoms with van der Waals surface area (Å²) >= 11 is 0. The van der Waals surface area contributed by atoms with Crippen LogP contribution >= 0.6 is 0 Å². The molecule has 0 bridgehead atoms. The molecule has 0 aliphatic carbocycles. The van der Waals surface area contributed by atoms with Gasteiger partial charge in [0.25, 0.3) is 0 Å². The van der Waals surface area contributed by atoms with Crippen molar-refractivity contribution >= 4 is 18.2 Å². The van der Waals surface area contributed by atoms with Crippen LogP contribution in [0.2, 0.25) is 0 Å². The second kappa shape index (κ2) is 13.0. The standard InChI is InChI=1S/C25H38N2O11/c1-14-18(28)20(21(30)31)37-22(19(14)29)36-17-12-16(38-25(2,3)4)9-8-15(17)13-35-24(33)27(6)11-10-26(5)23(32)34-7/h8-9,12,14,18-20,22,28-29H,10-11,13H2,1-7H3,(H,30,31)/t14-,18-,19+,20-,22?/m0/s1. The van der Waals surface area contributed by atoms with E-state index in [9.17, 15) is 29.7 Å². The summed E-state index contributed by atoms with van der Waals surface area (Å²) in [7, 11) is 4.30. The summed E-state index contributed by atoms with van der Waals surface area (Å²) in [4.78, 5) is 38.2. The summed E-state index contributed by atoms with van der Waals surface area (Å²) in [5.74, 6) is -1.71. The molecule has 1 aliphatic rings. The third-order valence-corrected chi connectivity index (χ3v) is 5.82. The predicted octanol–water partition coefficient (Wildman–Crippen LogP) is 1.68. The first-order chi connectivity index (χ1) is 17.6. The molecule has 1 fully saturated rings. The van der Waals surface area contributed by atoms with Crippen LogP contribution in [0.15, 0.2) is 18.2 Å². The Hall–Kier alpha value is -3.29. The largest absolute Gasteiger partial charge is 0.488 e. The zero-order chi connectivity index (χ0) is 28.8. The lowest BCUT2D eigenvalue weighted by Gasteiger charge is -2.39. The number of benzene rings is 1. The highest BCUT2D eigenvalue weighted by molar-refractivity contribution is 5.73. The molecule has 0 spiro atoms. The van der Waals surface area contributed by atoms with Gasteiger partial charge in [-0.3, -0.25) is 0 Å². The number of likely N-dealkylation sites (N-methyl/N-ethyl adjacent to an activating group) is 2. The number of amides is 2. The summed E-state index contributed by atoms with van der Waals surface area (Å²) < 4.78 is 27.1. The van der Waals surface area contributed by atoms with Gasteiger partial charge >= 0.3 is 18.2 Å². The smallest absolute Gasteiger partial charge is 0.409 e. The van der Waals surface area contributed by atoms with Crippen LogP contribution in [0.4, 0.5) is 9.59 Å². The first-order valence-corrected chi connectivity index (χ1v) is 12.0. The van der Waals surface area contributed by atoms with Gasteiger partial charge in [-0.1, -0.05) is 6.92 Å². The van der Waals surface area contributed by atoms with E-state index in [1.54, 1.807) is 12.1 Å². The Balaban J connectivity index is 2.20. The number of aliphatic hydroxyl groups is 2. The molecule has 1 aromatic carbocycles. The topological polar surface area (TPSA) is 165 Å². The lowest BCUT2D eigenvalue weighted by atomic mass is 9.90. The van der Waals surface area contributed by atoms with E-state index in [-0.39, 0.29) is 25.4 Å². The van der Waals surface area contributed by atoms with Crippen LogP contribution < -0.4 is 9.47 Å². The molecular formula is C25H38N2O11. The van der Waals surface area contributed by atoms with Crippen LogP contribution in [0.5, 0.6) is 11.5 Å². The van der Waals surface area contributed by atoms with Gasteiger partial charge < -0.3 is 48.8 Å². The van der Waals surface area contributed by atoms with Gasteiger partial charge in [-0.05, 0) is 32.9 Å². The first kappa shape index (κ1) is 30.9. The molecule has 1 unspecified atom stereocenters. The zero-order valence-electron chi connectivity index (χ0n) is 22.7. The number of aliphatic hydroxyl groups excluding tert-OH is 2. The van der Waals surface area contributed by atoms with Crippen molar-refractivity contribution in [1.29, 1.82) is 0 Å². The molecule has 1 saturated heterocycles. The maximum absolute atomic E-state index is 12.5. The van der Waals surface area contributed by atoms with Crippen molar-refractivity contribution in [2.45, 2.75) is 64.5 Å². The predicted molar refractivity (Wildman–Crippen MR) is 133 cm³/mol. The van der Waals surface area contributed by atoms with Gasteiger partial charge in [-0.2, -0.15) is 0 Å². The molecule has 3 N–H and O–H groups in total.